The first kappa shape index (κ1) is 14.5. The summed E-state index contributed by atoms with van der Waals surface area (Å²) in [5.41, 5.74) is 5.66. The van der Waals surface area contributed by atoms with Gasteiger partial charge in [-0.25, -0.2) is 0 Å². The van der Waals surface area contributed by atoms with Crippen LogP contribution in [0.3, 0.4) is 0 Å². The number of rotatable bonds is 7. The molecule has 90 valence electrons. The number of unbranched alkanes of at least 4 members (excludes halogenated alkanes) is 1. The number of carboxylic acid groups (broad SMARTS) is 1. The van der Waals surface area contributed by atoms with Gasteiger partial charge in [0.05, 0.1) is 12.6 Å². The standard InChI is InChI=1S/C11H18N2O3/c1-3-5-6-9(12)11(16)13(7-4-2)8-10(14)15/h2,9H,3,5-8,12H2,1H3,(H,14,15)/t9-/m0/s1. The Hall–Kier alpha value is -1.54. The van der Waals surface area contributed by atoms with Gasteiger partial charge in [-0.2, -0.15) is 0 Å². The topological polar surface area (TPSA) is 83.6 Å². The van der Waals surface area contributed by atoms with Crippen LogP contribution < -0.4 is 5.73 Å². The minimum atomic E-state index is -1.09. The molecule has 5 nitrogen and oxygen atoms in total. The molecule has 0 saturated carbocycles. The van der Waals surface area contributed by atoms with E-state index in [1.807, 2.05) is 6.92 Å². The minimum Gasteiger partial charge on any atom is -0.480 e. The van der Waals surface area contributed by atoms with Crippen molar-refractivity contribution in [3.8, 4) is 12.3 Å². The molecule has 0 aromatic heterocycles. The van der Waals surface area contributed by atoms with E-state index in [0.717, 1.165) is 17.7 Å². The van der Waals surface area contributed by atoms with Crippen molar-refractivity contribution in [2.24, 2.45) is 5.73 Å². The normalized spacial score (nSPS) is 11.6. The van der Waals surface area contributed by atoms with Gasteiger partial charge in [-0.15, -0.1) is 6.42 Å². The number of aliphatic carboxylic acids is 1. The molecule has 0 aliphatic rings. The molecule has 0 unspecified atom stereocenters. The summed E-state index contributed by atoms with van der Waals surface area (Å²) in [5, 5.41) is 8.61. The van der Waals surface area contributed by atoms with Crippen molar-refractivity contribution in [1.82, 2.24) is 4.90 Å². The maximum Gasteiger partial charge on any atom is 0.323 e. The Kier molecular flexibility index (Phi) is 6.97. The van der Waals surface area contributed by atoms with E-state index in [2.05, 4.69) is 5.92 Å². The van der Waals surface area contributed by atoms with Gasteiger partial charge in [0.25, 0.3) is 0 Å². The maximum absolute atomic E-state index is 11.7. The first-order chi connectivity index (χ1) is 7.52. The summed E-state index contributed by atoms with van der Waals surface area (Å²) in [4.78, 5) is 23.3. The number of nitrogens with zero attached hydrogens (tertiary/aromatic N) is 1. The van der Waals surface area contributed by atoms with Gasteiger partial charge in [0.1, 0.15) is 6.54 Å². The van der Waals surface area contributed by atoms with Gasteiger partial charge in [-0.1, -0.05) is 25.7 Å². The highest BCUT2D eigenvalue weighted by molar-refractivity contribution is 5.85. The van der Waals surface area contributed by atoms with E-state index in [0.29, 0.717) is 6.42 Å². The van der Waals surface area contributed by atoms with Gasteiger partial charge < -0.3 is 15.7 Å². The molecule has 0 aromatic rings. The molecular formula is C11H18N2O3. The average molecular weight is 226 g/mol. The number of carbonyl (C=O) groups is 2. The Morgan fingerprint density at radius 1 is 1.56 bits per heavy atom. The zero-order valence-electron chi connectivity index (χ0n) is 9.48. The second-order valence-electron chi connectivity index (χ2n) is 3.54. The molecule has 0 fully saturated rings. The van der Waals surface area contributed by atoms with Gasteiger partial charge in [0, 0.05) is 0 Å². The molecule has 0 spiro atoms. The highest BCUT2D eigenvalue weighted by Crippen LogP contribution is 2.02. The molecule has 5 heteroatoms. The molecule has 0 rings (SSSR count). The monoisotopic (exact) mass is 226 g/mol. The third kappa shape index (κ3) is 5.37. The van der Waals surface area contributed by atoms with Crippen LogP contribution in [0.5, 0.6) is 0 Å². The van der Waals surface area contributed by atoms with Crippen LogP contribution in [-0.2, 0) is 9.59 Å². The fourth-order valence-electron chi connectivity index (χ4n) is 1.27. The van der Waals surface area contributed by atoms with E-state index in [1.165, 1.54) is 0 Å². The van der Waals surface area contributed by atoms with Crippen LogP contribution in [0.2, 0.25) is 0 Å². The number of carboxylic acids is 1. The van der Waals surface area contributed by atoms with Crippen molar-refractivity contribution in [3.63, 3.8) is 0 Å². The maximum atomic E-state index is 11.7. The molecule has 1 amide bonds. The lowest BCUT2D eigenvalue weighted by Gasteiger charge is -2.21. The SMILES string of the molecule is C#CCN(CC(=O)O)C(=O)[C@@H](N)CCCC. The summed E-state index contributed by atoms with van der Waals surface area (Å²) in [6.07, 6.45) is 7.39. The average Bonchev–Trinajstić information content (AvgIpc) is 2.23. The first-order valence-corrected chi connectivity index (χ1v) is 5.22. The number of carbonyl (C=O) groups excluding carboxylic acids is 1. The van der Waals surface area contributed by atoms with E-state index in [-0.39, 0.29) is 6.54 Å². The summed E-state index contributed by atoms with van der Waals surface area (Å²) in [7, 11) is 0. The highest BCUT2D eigenvalue weighted by Gasteiger charge is 2.21. The third-order valence-electron chi connectivity index (χ3n) is 2.11. The molecule has 3 N–H and O–H groups in total. The predicted octanol–water partition coefficient (Wildman–Crippen LogP) is 0.0503. The molecule has 0 radical (unpaired) electrons. The summed E-state index contributed by atoms with van der Waals surface area (Å²) < 4.78 is 0. The lowest BCUT2D eigenvalue weighted by Crippen LogP contribution is -2.46. The van der Waals surface area contributed by atoms with Crippen molar-refractivity contribution >= 4 is 11.9 Å². The van der Waals surface area contributed by atoms with Gasteiger partial charge in [0.15, 0.2) is 0 Å². The highest BCUT2D eigenvalue weighted by atomic mass is 16.4. The van der Waals surface area contributed by atoms with Crippen LogP contribution in [-0.4, -0.2) is 41.0 Å². The smallest absolute Gasteiger partial charge is 0.323 e. The molecule has 0 aliphatic carbocycles. The van der Waals surface area contributed by atoms with Gasteiger partial charge >= 0.3 is 5.97 Å². The third-order valence-corrected chi connectivity index (χ3v) is 2.11. The van der Waals surface area contributed by atoms with E-state index in [4.69, 9.17) is 17.3 Å². The summed E-state index contributed by atoms with van der Waals surface area (Å²) in [6, 6.07) is -0.660. The molecule has 0 aromatic carbocycles. The summed E-state index contributed by atoms with van der Waals surface area (Å²) >= 11 is 0. The van der Waals surface area contributed by atoms with Crippen LogP contribution in [0, 0.1) is 12.3 Å². The Morgan fingerprint density at radius 2 is 2.19 bits per heavy atom. The van der Waals surface area contributed by atoms with Crippen molar-refractivity contribution in [3.05, 3.63) is 0 Å². The van der Waals surface area contributed by atoms with Crippen LogP contribution in [0.25, 0.3) is 0 Å². The van der Waals surface area contributed by atoms with Crippen LogP contribution >= 0.6 is 0 Å². The molecule has 0 aliphatic heterocycles. The van der Waals surface area contributed by atoms with Crippen molar-refractivity contribution in [1.29, 1.82) is 0 Å². The first-order valence-electron chi connectivity index (χ1n) is 5.22. The molecule has 1 atom stereocenters. The molecule has 16 heavy (non-hydrogen) atoms. The van der Waals surface area contributed by atoms with E-state index in [1.54, 1.807) is 0 Å². The molecule has 0 bridgehead atoms. The quantitative estimate of drug-likeness (QED) is 0.601. The Balaban J connectivity index is 4.36. The van der Waals surface area contributed by atoms with Crippen molar-refractivity contribution in [2.75, 3.05) is 13.1 Å². The van der Waals surface area contributed by atoms with Crippen molar-refractivity contribution < 1.29 is 14.7 Å². The van der Waals surface area contributed by atoms with Gasteiger partial charge in [-0.05, 0) is 6.42 Å². The number of hydrogen-bond donors (Lipinski definition) is 2. The van der Waals surface area contributed by atoms with E-state index < -0.39 is 24.5 Å². The number of hydrogen-bond acceptors (Lipinski definition) is 3. The zero-order chi connectivity index (χ0) is 12.6. The van der Waals surface area contributed by atoms with Gasteiger partial charge in [0.2, 0.25) is 5.91 Å². The van der Waals surface area contributed by atoms with Crippen LogP contribution in [0.1, 0.15) is 26.2 Å². The zero-order valence-corrected chi connectivity index (χ0v) is 9.48. The van der Waals surface area contributed by atoms with Crippen molar-refractivity contribution in [2.45, 2.75) is 32.2 Å². The van der Waals surface area contributed by atoms with Crippen LogP contribution in [0.15, 0.2) is 0 Å². The molecule has 0 saturated heterocycles. The minimum absolute atomic E-state index is 0.0229. The predicted molar refractivity (Wildman–Crippen MR) is 60.5 cm³/mol. The summed E-state index contributed by atoms with van der Waals surface area (Å²) in [5.74, 6) is 0.765. The van der Waals surface area contributed by atoms with E-state index >= 15 is 0 Å². The fourth-order valence-corrected chi connectivity index (χ4v) is 1.27. The largest absolute Gasteiger partial charge is 0.480 e. The Bertz CT molecular complexity index is 283. The van der Waals surface area contributed by atoms with Gasteiger partial charge in [-0.3, -0.25) is 9.59 Å². The lowest BCUT2D eigenvalue weighted by molar-refractivity contribution is -0.144. The molecule has 0 heterocycles. The Labute approximate surface area is 95.6 Å². The number of nitrogens with two attached hydrogens (primary N) is 1. The lowest BCUT2D eigenvalue weighted by atomic mass is 10.1. The number of terminal acetylenes is 1. The van der Waals surface area contributed by atoms with Crippen LogP contribution in [0.4, 0.5) is 0 Å². The molecular weight excluding hydrogens is 208 g/mol. The second kappa shape index (κ2) is 7.71. The summed E-state index contributed by atoms with van der Waals surface area (Å²) in [6.45, 7) is 1.57. The van der Waals surface area contributed by atoms with E-state index in [9.17, 15) is 9.59 Å². The second-order valence-corrected chi connectivity index (χ2v) is 3.54. The number of amides is 1. The fraction of sp³-hybridized carbons (Fsp3) is 0.636. The Morgan fingerprint density at radius 3 is 2.62 bits per heavy atom.